The Labute approximate surface area is 161 Å². The monoisotopic (exact) mass is 372 g/mol. The highest BCUT2D eigenvalue weighted by molar-refractivity contribution is 7.80. The lowest BCUT2D eigenvalue weighted by molar-refractivity contribution is 0.205. The number of benzene rings is 1. The highest BCUT2D eigenvalue weighted by atomic mass is 32.1. The van der Waals surface area contributed by atoms with E-state index in [0.717, 1.165) is 17.2 Å². The summed E-state index contributed by atoms with van der Waals surface area (Å²) in [7, 11) is 0. The summed E-state index contributed by atoms with van der Waals surface area (Å²) in [5, 5.41) is 6.54. The van der Waals surface area contributed by atoms with Gasteiger partial charge < -0.3 is 10.2 Å². The minimum Gasteiger partial charge on any atom is -0.338 e. The molecule has 1 N–H and O–H groups in total. The van der Waals surface area contributed by atoms with Crippen molar-refractivity contribution in [1.82, 2.24) is 4.90 Å². The predicted molar refractivity (Wildman–Crippen MR) is 113 cm³/mol. The topological polar surface area (TPSA) is 15.3 Å². The van der Waals surface area contributed by atoms with Crippen molar-refractivity contribution < 1.29 is 0 Å². The summed E-state index contributed by atoms with van der Waals surface area (Å²) < 4.78 is 0. The van der Waals surface area contributed by atoms with Crippen LogP contribution in [-0.2, 0) is 6.42 Å². The first-order valence-corrected chi connectivity index (χ1v) is 10.7. The van der Waals surface area contributed by atoms with Crippen molar-refractivity contribution in [3.63, 3.8) is 0 Å². The molecule has 1 aromatic heterocycles. The Hall–Kier alpha value is -1.39. The highest BCUT2D eigenvalue weighted by Crippen LogP contribution is 2.32. The molecule has 134 valence electrons. The van der Waals surface area contributed by atoms with Gasteiger partial charge in [0.2, 0.25) is 0 Å². The molecule has 1 atom stereocenters. The van der Waals surface area contributed by atoms with Gasteiger partial charge in [-0.25, -0.2) is 0 Å². The molecule has 1 unspecified atom stereocenters. The van der Waals surface area contributed by atoms with Crippen molar-refractivity contribution in [1.29, 1.82) is 0 Å². The van der Waals surface area contributed by atoms with Crippen molar-refractivity contribution >= 4 is 34.4 Å². The zero-order chi connectivity index (χ0) is 17.6. The Morgan fingerprint density at radius 3 is 2.72 bits per heavy atom. The molecule has 4 heteroatoms. The molecule has 1 fully saturated rings. The van der Waals surface area contributed by atoms with Crippen LogP contribution in [0, 0.1) is 0 Å². The maximum Gasteiger partial charge on any atom is 0.174 e. The highest BCUT2D eigenvalue weighted by Gasteiger charge is 2.28. The van der Waals surface area contributed by atoms with Crippen LogP contribution in [0.1, 0.15) is 62.4 Å². The first-order valence-electron chi connectivity index (χ1n) is 9.40. The molecule has 0 saturated heterocycles. The molecule has 1 heterocycles. The van der Waals surface area contributed by atoms with Crippen molar-refractivity contribution in [2.45, 2.75) is 64.5 Å². The Balaban J connectivity index is 1.80. The fourth-order valence-corrected chi connectivity index (χ4v) is 4.95. The Morgan fingerprint density at radius 2 is 2.04 bits per heavy atom. The summed E-state index contributed by atoms with van der Waals surface area (Å²) in [4.78, 5) is 3.84. The summed E-state index contributed by atoms with van der Waals surface area (Å²) in [5.41, 5.74) is 2.44. The SMILES string of the molecule is CCc1cccc(NC(=S)N(C2CCCCC2)C(C)c2cccs2)c1. The van der Waals surface area contributed by atoms with E-state index in [4.69, 9.17) is 12.2 Å². The van der Waals surface area contributed by atoms with Gasteiger partial charge >= 0.3 is 0 Å². The molecule has 0 bridgehead atoms. The lowest BCUT2D eigenvalue weighted by Gasteiger charge is -2.40. The van der Waals surface area contributed by atoms with Crippen LogP contribution in [0.2, 0.25) is 0 Å². The molecular weight excluding hydrogens is 344 g/mol. The average molecular weight is 373 g/mol. The molecule has 1 aliphatic rings. The van der Waals surface area contributed by atoms with Gasteiger partial charge in [-0.15, -0.1) is 11.3 Å². The van der Waals surface area contributed by atoms with E-state index >= 15 is 0 Å². The molecule has 25 heavy (non-hydrogen) atoms. The molecular formula is C21H28N2S2. The van der Waals surface area contributed by atoms with Crippen LogP contribution in [0.3, 0.4) is 0 Å². The van der Waals surface area contributed by atoms with Crippen LogP contribution >= 0.6 is 23.6 Å². The van der Waals surface area contributed by atoms with E-state index in [1.807, 2.05) is 11.3 Å². The number of nitrogens with one attached hydrogen (secondary N) is 1. The molecule has 3 rings (SSSR count). The largest absolute Gasteiger partial charge is 0.338 e. The lowest BCUT2D eigenvalue weighted by atomic mass is 9.93. The third-order valence-electron chi connectivity index (χ3n) is 5.16. The van der Waals surface area contributed by atoms with Gasteiger partial charge in [-0.2, -0.15) is 0 Å². The van der Waals surface area contributed by atoms with Crippen LogP contribution in [-0.4, -0.2) is 16.1 Å². The second kappa shape index (κ2) is 8.81. The number of thiophene rings is 1. The minimum atomic E-state index is 0.317. The van der Waals surface area contributed by atoms with Crippen molar-refractivity contribution in [3.8, 4) is 0 Å². The number of aryl methyl sites for hydroxylation is 1. The number of rotatable bonds is 5. The molecule has 1 aromatic carbocycles. The van der Waals surface area contributed by atoms with Crippen LogP contribution in [0.15, 0.2) is 41.8 Å². The maximum absolute atomic E-state index is 5.89. The van der Waals surface area contributed by atoms with Gasteiger partial charge in [0, 0.05) is 16.6 Å². The smallest absolute Gasteiger partial charge is 0.174 e. The molecule has 0 radical (unpaired) electrons. The zero-order valence-electron chi connectivity index (χ0n) is 15.2. The predicted octanol–water partition coefficient (Wildman–Crippen LogP) is 6.40. The first-order chi connectivity index (χ1) is 12.2. The summed E-state index contributed by atoms with van der Waals surface area (Å²) >= 11 is 7.71. The molecule has 0 aliphatic heterocycles. The standard InChI is InChI=1S/C21H28N2S2/c1-3-17-9-7-10-18(15-17)22-21(24)23(19-11-5-4-6-12-19)16(2)20-13-8-14-25-20/h7-10,13-16,19H,3-6,11-12H2,1-2H3,(H,22,24). The van der Waals surface area contributed by atoms with Gasteiger partial charge in [-0.3, -0.25) is 0 Å². The van der Waals surface area contributed by atoms with Gasteiger partial charge in [-0.05, 0) is 67.5 Å². The minimum absolute atomic E-state index is 0.317. The van der Waals surface area contributed by atoms with E-state index in [0.29, 0.717) is 12.1 Å². The molecule has 0 amide bonds. The normalized spacial score (nSPS) is 16.4. The van der Waals surface area contributed by atoms with Crippen LogP contribution < -0.4 is 5.32 Å². The van der Waals surface area contributed by atoms with E-state index in [2.05, 4.69) is 65.8 Å². The molecule has 1 aliphatic carbocycles. The summed E-state index contributed by atoms with van der Waals surface area (Å²) in [6.45, 7) is 4.47. The molecule has 0 spiro atoms. The van der Waals surface area contributed by atoms with Crippen LogP contribution in [0.25, 0.3) is 0 Å². The van der Waals surface area contributed by atoms with E-state index < -0.39 is 0 Å². The number of thiocarbonyl (C=S) groups is 1. The number of nitrogens with zero attached hydrogens (tertiary/aromatic N) is 1. The van der Waals surface area contributed by atoms with E-state index in [9.17, 15) is 0 Å². The summed E-state index contributed by atoms with van der Waals surface area (Å²) in [6.07, 6.45) is 7.51. The van der Waals surface area contributed by atoms with Gasteiger partial charge in [0.25, 0.3) is 0 Å². The second-order valence-corrected chi connectivity index (χ2v) is 8.24. The van der Waals surface area contributed by atoms with E-state index in [1.54, 1.807) is 0 Å². The Bertz CT molecular complexity index is 675. The van der Waals surface area contributed by atoms with Gasteiger partial charge in [0.1, 0.15) is 0 Å². The fraction of sp³-hybridized carbons (Fsp3) is 0.476. The van der Waals surface area contributed by atoms with Crippen LogP contribution in [0.5, 0.6) is 0 Å². The van der Waals surface area contributed by atoms with Gasteiger partial charge in [-0.1, -0.05) is 44.4 Å². The molecule has 2 nitrogen and oxygen atoms in total. The van der Waals surface area contributed by atoms with Crippen molar-refractivity contribution in [3.05, 3.63) is 52.2 Å². The average Bonchev–Trinajstić information content (AvgIpc) is 3.17. The van der Waals surface area contributed by atoms with Crippen molar-refractivity contribution in [2.24, 2.45) is 0 Å². The third kappa shape index (κ3) is 4.62. The fourth-order valence-electron chi connectivity index (χ4n) is 3.74. The van der Waals surface area contributed by atoms with Crippen molar-refractivity contribution in [2.75, 3.05) is 5.32 Å². The molecule has 1 saturated carbocycles. The Kier molecular flexibility index (Phi) is 6.49. The number of hydrogen-bond acceptors (Lipinski definition) is 2. The third-order valence-corrected chi connectivity index (χ3v) is 6.52. The molecule has 2 aromatic rings. The van der Waals surface area contributed by atoms with E-state index in [-0.39, 0.29) is 0 Å². The number of hydrogen-bond donors (Lipinski definition) is 1. The quantitative estimate of drug-likeness (QED) is 0.611. The maximum atomic E-state index is 5.89. The van der Waals surface area contributed by atoms with E-state index in [1.165, 1.54) is 42.5 Å². The Morgan fingerprint density at radius 1 is 1.24 bits per heavy atom. The first kappa shape index (κ1) is 18.4. The van der Waals surface area contributed by atoms with Gasteiger partial charge in [0.05, 0.1) is 6.04 Å². The lowest BCUT2D eigenvalue weighted by Crippen LogP contribution is -2.45. The van der Waals surface area contributed by atoms with Crippen LogP contribution in [0.4, 0.5) is 5.69 Å². The van der Waals surface area contributed by atoms with Gasteiger partial charge in [0.15, 0.2) is 5.11 Å². The zero-order valence-corrected chi connectivity index (χ0v) is 16.8. The summed E-state index contributed by atoms with van der Waals surface area (Å²) in [5.74, 6) is 0. The summed E-state index contributed by atoms with van der Waals surface area (Å²) in [6, 6.07) is 13.8. The second-order valence-electron chi connectivity index (χ2n) is 6.87. The number of anilines is 1.